The van der Waals surface area contributed by atoms with Crippen molar-refractivity contribution >= 4 is 5.69 Å². The van der Waals surface area contributed by atoms with Crippen LogP contribution in [0.25, 0.3) is 0 Å². The third-order valence-corrected chi connectivity index (χ3v) is 3.89. The first-order valence-corrected chi connectivity index (χ1v) is 6.03. The van der Waals surface area contributed by atoms with Gasteiger partial charge >= 0.3 is 0 Å². The number of benzene rings is 1. The highest BCUT2D eigenvalue weighted by Gasteiger charge is 2.42. The Kier molecular flexibility index (Phi) is 2.25. The van der Waals surface area contributed by atoms with E-state index in [1.165, 1.54) is 12.1 Å². The summed E-state index contributed by atoms with van der Waals surface area (Å²) in [5.74, 6) is 0.734. The molecule has 0 radical (unpaired) electrons. The van der Waals surface area contributed by atoms with Crippen LogP contribution in [0, 0.1) is 5.92 Å². The van der Waals surface area contributed by atoms with E-state index in [4.69, 9.17) is 0 Å². The fraction of sp³-hybridized carbons (Fsp3) is 0.429. The van der Waals surface area contributed by atoms with Gasteiger partial charge in [-0.1, -0.05) is 30.4 Å². The lowest BCUT2D eigenvalue weighted by atomic mass is 9.79. The first kappa shape index (κ1) is 9.91. The number of hydrogen-bond acceptors (Lipinski definition) is 2. The molecule has 2 heteroatoms. The van der Waals surface area contributed by atoms with Gasteiger partial charge in [0.25, 0.3) is 0 Å². The average molecular weight is 214 g/mol. The molecule has 1 saturated heterocycles. The van der Waals surface area contributed by atoms with Crippen LogP contribution < -0.4 is 10.4 Å². The molecule has 1 N–H and O–H groups in total. The van der Waals surface area contributed by atoms with E-state index in [2.05, 4.69) is 59.8 Å². The van der Waals surface area contributed by atoms with Crippen LogP contribution in [0.5, 0.6) is 0 Å². The summed E-state index contributed by atoms with van der Waals surface area (Å²) in [6.45, 7) is 3.45. The smallest absolute Gasteiger partial charge is 0.0520 e. The van der Waals surface area contributed by atoms with E-state index >= 15 is 0 Å². The third kappa shape index (κ3) is 1.54. The summed E-state index contributed by atoms with van der Waals surface area (Å²) < 4.78 is 0. The van der Waals surface area contributed by atoms with Gasteiger partial charge in [-0.3, -0.25) is 0 Å². The molecule has 1 fully saturated rings. The molecular weight excluding hydrogens is 196 g/mol. The molecule has 0 aromatic heterocycles. The Morgan fingerprint density at radius 2 is 2.06 bits per heavy atom. The maximum Gasteiger partial charge on any atom is 0.0520 e. The zero-order valence-corrected chi connectivity index (χ0v) is 9.69. The minimum Gasteiger partial charge on any atom is -0.308 e. The molecule has 3 rings (SSSR count). The molecule has 1 aliphatic heterocycles. The van der Waals surface area contributed by atoms with Crippen molar-refractivity contribution in [3.05, 3.63) is 42.5 Å². The van der Waals surface area contributed by atoms with E-state index in [0.717, 1.165) is 18.9 Å². The van der Waals surface area contributed by atoms with Gasteiger partial charge < -0.3 is 5.01 Å². The molecule has 2 atom stereocenters. The van der Waals surface area contributed by atoms with Gasteiger partial charge in [0.15, 0.2) is 0 Å². The Bertz CT molecular complexity index is 398. The summed E-state index contributed by atoms with van der Waals surface area (Å²) in [6, 6.07) is 10.6. The second-order valence-corrected chi connectivity index (χ2v) is 5.08. The molecule has 1 aromatic rings. The van der Waals surface area contributed by atoms with Crippen molar-refractivity contribution in [2.45, 2.75) is 25.3 Å². The van der Waals surface area contributed by atoms with E-state index in [1.807, 2.05) is 0 Å². The monoisotopic (exact) mass is 214 g/mol. The molecule has 0 unspecified atom stereocenters. The van der Waals surface area contributed by atoms with Crippen LogP contribution >= 0.6 is 0 Å². The van der Waals surface area contributed by atoms with Crippen LogP contribution in [0.15, 0.2) is 42.5 Å². The van der Waals surface area contributed by atoms with Crippen LogP contribution in [0.3, 0.4) is 0 Å². The Morgan fingerprint density at radius 1 is 1.25 bits per heavy atom. The van der Waals surface area contributed by atoms with Crippen molar-refractivity contribution < 1.29 is 0 Å². The molecule has 0 bridgehead atoms. The van der Waals surface area contributed by atoms with Gasteiger partial charge in [0.2, 0.25) is 0 Å². The molecule has 2 aliphatic rings. The minimum atomic E-state index is 0.255. The van der Waals surface area contributed by atoms with Crippen LogP contribution in [-0.4, -0.2) is 12.1 Å². The maximum absolute atomic E-state index is 3.67. The number of allylic oxidation sites excluding steroid dienone is 1. The number of rotatable bonds is 1. The van der Waals surface area contributed by atoms with Crippen LogP contribution in [0.4, 0.5) is 5.69 Å². The maximum atomic E-state index is 3.67. The largest absolute Gasteiger partial charge is 0.308 e. The molecule has 1 aromatic carbocycles. The predicted molar refractivity (Wildman–Crippen MR) is 67.2 cm³/mol. The average Bonchev–Trinajstić information content (AvgIpc) is 2.67. The highest BCUT2D eigenvalue weighted by Crippen LogP contribution is 2.36. The number of nitrogens with zero attached hydrogens (tertiary/aromatic N) is 1. The number of nitrogens with one attached hydrogen (secondary N) is 1. The molecular formula is C14H18N2. The zero-order chi connectivity index (χ0) is 11.0. The van der Waals surface area contributed by atoms with Crippen molar-refractivity contribution in [3.8, 4) is 0 Å². The molecule has 84 valence electrons. The molecule has 0 spiro atoms. The Morgan fingerprint density at radius 3 is 2.81 bits per heavy atom. The van der Waals surface area contributed by atoms with E-state index < -0.39 is 0 Å². The normalized spacial score (nSPS) is 32.8. The first-order valence-electron chi connectivity index (χ1n) is 6.03. The van der Waals surface area contributed by atoms with Crippen LogP contribution in [-0.2, 0) is 0 Å². The first-order chi connectivity index (χ1) is 7.78. The van der Waals surface area contributed by atoms with Crippen LogP contribution in [0.1, 0.15) is 19.8 Å². The summed E-state index contributed by atoms with van der Waals surface area (Å²) in [4.78, 5) is 0. The summed E-state index contributed by atoms with van der Waals surface area (Å²) in [7, 11) is 0. The Balaban J connectivity index is 1.83. The van der Waals surface area contributed by atoms with Crippen molar-refractivity contribution in [1.29, 1.82) is 0 Å². The van der Waals surface area contributed by atoms with Gasteiger partial charge in [0.05, 0.1) is 5.69 Å². The quantitative estimate of drug-likeness (QED) is 0.723. The highest BCUT2D eigenvalue weighted by molar-refractivity contribution is 5.46. The van der Waals surface area contributed by atoms with E-state index in [-0.39, 0.29) is 5.54 Å². The van der Waals surface area contributed by atoms with Gasteiger partial charge in [-0.25, -0.2) is 5.43 Å². The van der Waals surface area contributed by atoms with Gasteiger partial charge in [-0.2, -0.15) is 0 Å². The lowest BCUT2D eigenvalue weighted by molar-refractivity contribution is 0.303. The number of hydrogen-bond donors (Lipinski definition) is 1. The van der Waals surface area contributed by atoms with Crippen molar-refractivity contribution in [2.24, 2.45) is 5.92 Å². The number of fused-ring (bicyclic) bond motifs is 1. The Hall–Kier alpha value is -1.28. The number of para-hydroxylation sites is 1. The predicted octanol–water partition coefficient (Wildman–Crippen LogP) is 2.74. The fourth-order valence-corrected chi connectivity index (χ4v) is 2.78. The summed E-state index contributed by atoms with van der Waals surface area (Å²) >= 11 is 0. The van der Waals surface area contributed by atoms with Gasteiger partial charge in [-0.05, 0) is 31.9 Å². The Labute approximate surface area is 96.9 Å². The van der Waals surface area contributed by atoms with Gasteiger partial charge in [0, 0.05) is 18.0 Å². The van der Waals surface area contributed by atoms with Gasteiger partial charge in [0.1, 0.15) is 0 Å². The fourth-order valence-electron chi connectivity index (χ4n) is 2.78. The standard InChI is InChI=1S/C14H18N2/c1-14-10-6-5-7-12(14)11-16(15-14)13-8-3-2-4-9-13/h2-6,8-9,12,15H,7,10-11H2,1H3/t12-,14-/m0/s1. The molecule has 16 heavy (non-hydrogen) atoms. The van der Waals surface area contributed by atoms with Crippen molar-refractivity contribution in [3.63, 3.8) is 0 Å². The summed E-state index contributed by atoms with van der Waals surface area (Å²) in [5, 5.41) is 2.30. The van der Waals surface area contributed by atoms with E-state index in [1.54, 1.807) is 0 Å². The molecule has 2 nitrogen and oxygen atoms in total. The number of anilines is 1. The van der Waals surface area contributed by atoms with E-state index in [0.29, 0.717) is 0 Å². The minimum absolute atomic E-state index is 0.255. The second kappa shape index (κ2) is 3.63. The molecule has 0 saturated carbocycles. The molecule has 1 aliphatic carbocycles. The molecule has 0 amide bonds. The lowest BCUT2D eigenvalue weighted by Crippen LogP contribution is -2.46. The highest BCUT2D eigenvalue weighted by atomic mass is 15.6. The van der Waals surface area contributed by atoms with Gasteiger partial charge in [-0.15, -0.1) is 0 Å². The molecule has 1 heterocycles. The third-order valence-electron chi connectivity index (χ3n) is 3.89. The summed E-state index contributed by atoms with van der Waals surface area (Å²) in [5.41, 5.74) is 5.20. The second-order valence-electron chi connectivity index (χ2n) is 5.08. The van der Waals surface area contributed by atoms with Crippen molar-refractivity contribution in [1.82, 2.24) is 5.43 Å². The van der Waals surface area contributed by atoms with E-state index in [9.17, 15) is 0 Å². The van der Waals surface area contributed by atoms with Crippen LogP contribution in [0.2, 0.25) is 0 Å². The number of hydrazine groups is 1. The zero-order valence-electron chi connectivity index (χ0n) is 9.69. The van der Waals surface area contributed by atoms with Crippen molar-refractivity contribution in [2.75, 3.05) is 11.6 Å². The summed E-state index contributed by atoms with van der Waals surface area (Å²) in [6.07, 6.45) is 6.97. The topological polar surface area (TPSA) is 15.3 Å². The lowest BCUT2D eigenvalue weighted by Gasteiger charge is -2.32. The SMILES string of the molecule is C[C@]12CC=CC[C@H]1CN(c1ccccc1)N2.